The van der Waals surface area contributed by atoms with Crippen LogP contribution in [0.15, 0.2) is 29.1 Å². The van der Waals surface area contributed by atoms with Crippen LogP contribution >= 0.6 is 0 Å². The summed E-state index contributed by atoms with van der Waals surface area (Å²) in [5.74, 6) is -1.26. The summed E-state index contributed by atoms with van der Waals surface area (Å²) >= 11 is 0. The second kappa shape index (κ2) is 11.2. The highest BCUT2D eigenvalue weighted by Gasteiger charge is 2.29. The van der Waals surface area contributed by atoms with Crippen molar-refractivity contribution in [2.75, 3.05) is 0 Å². The number of carbonyl (C=O) groups excluding carboxylic acids is 2. The predicted molar refractivity (Wildman–Crippen MR) is 132 cm³/mol. The van der Waals surface area contributed by atoms with Crippen LogP contribution in [-0.2, 0) is 4.79 Å². The molecule has 0 bridgehead atoms. The van der Waals surface area contributed by atoms with Crippen LogP contribution in [-0.4, -0.2) is 32.3 Å². The SMILES string of the molecule is CCC(C)c1nc(-c2ccc([N+](=O)[O-])cc2)c(C(=O)NC2CCCCC2)n(C(C)CC(N)=O)c1=O. The summed E-state index contributed by atoms with van der Waals surface area (Å²) in [5.41, 5.74) is 5.93. The number of nitrogens with zero attached hydrogens (tertiary/aromatic N) is 3. The maximum Gasteiger partial charge on any atom is 0.273 e. The summed E-state index contributed by atoms with van der Waals surface area (Å²) in [6, 6.07) is 5.01. The second-order valence-electron chi connectivity index (χ2n) is 9.31. The van der Waals surface area contributed by atoms with Crippen molar-refractivity contribution in [3.63, 3.8) is 0 Å². The van der Waals surface area contributed by atoms with Crippen LogP contribution in [0.2, 0.25) is 0 Å². The number of nitro groups is 1. The van der Waals surface area contributed by atoms with Crippen LogP contribution in [0.1, 0.15) is 93.9 Å². The van der Waals surface area contributed by atoms with Crippen molar-refractivity contribution in [2.24, 2.45) is 5.73 Å². The van der Waals surface area contributed by atoms with Crippen molar-refractivity contribution < 1.29 is 14.5 Å². The first kappa shape index (κ1) is 26.1. The molecule has 35 heavy (non-hydrogen) atoms. The Labute approximate surface area is 204 Å². The van der Waals surface area contributed by atoms with Gasteiger partial charge in [0.05, 0.1) is 4.92 Å². The summed E-state index contributed by atoms with van der Waals surface area (Å²) in [7, 11) is 0. The monoisotopic (exact) mass is 483 g/mol. The van der Waals surface area contributed by atoms with Gasteiger partial charge in [0.1, 0.15) is 17.1 Å². The number of carbonyl (C=O) groups is 2. The Morgan fingerprint density at radius 1 is 1.20 bits per heavy atom. The van der Waals surface area contributed by atoms with Gasteiger partial charge in [0, 0.05) is 42.1 Å². The van der Waals surface area contributed by atoms with Gasteiger partial charge in [0.15, 0.2) is 0 Å². The molecule has 0 radical (unpaired) electrons. The van der Waals surface area contributed by atoms with Crippen LogP contribution in [0.3, 0.4) is 0 Å². The Balaban J connectivity index is 2.26. The predicted octanol–water partition coefficient (Wildman–Crippen LogP) is 3.83. The van der Waals surface area contributed by atoms with Crippen LogP contribution in [0.4, 0.5) is 5.69 Å². The van der Waals surface area contributed by atoms with Gasteiger partial charge in [-0.15, -0.1) is 0 Å². The average molecular weight is 484 g/mol. The van der Waals surface area contributed by atoms with Crippen molar-refractivity contribution in [1.82, 2.24) is 14.9 Å². The fourth-order valence-corrected chi connectivity index (χ4v) is 4.54. The molecule has 1 aliphatic rings. The highest BCUT2D eigenvalue weighted by atomic mass is 16.6. The normalized spacial score (nSPS) is 15.9. The minimum absolute atomic E-state index is 0.0230. The molecule has 2 aromatic rings. The number of aromatic nitrogens is 2. The van der Waals surface area contributed by atoms with Crippen LogP contribution in [0.25, 0.3) is 11.3 Å². The third-order valence-corrected chi connectivity index (χ3v) is 6.66. The lowest BCUT2D eigenvalue weighted by Gasteiger charge is -2.26. The van der Waals surface area contributed by atoms with Gasteiger partial charge in [-0.2, -0.15) is 0 Å². The summed E-state index contributed by atoms with van der Waals surface area (Å²) in [4.78, 5) is 54.3. The van der Waals surface area contributed by atoms with Gasteiger partial charge in [-0.3, -0.25) is 29.1 Å². The van der Waals surface area contributed by atoms with E-state index in [2.05, 4.69) is 10.3 Å². The molecule has 2 amide bonds. The van der Waals surface area contributed by atoms with Crippen molar-refractivity contribution in [3.05, 3.63) is 56.1 Å². The third-order valence-electron chi connectivity index (χ3n) is 6.66. The number of primary amides is 1. The number of nitrogens with two attached hydrogens (primary N) is 1. The lowest BCUT2D eigenvalue weighted by molar-refractivity contribution is -0.384. The molecule has 1 aromatic carbocycles. The van der Waals surface area contributed by atoms with Crippen LogP contribution < -0.4 is 16.6 Å². The Kier molecular flexibility index (Phi) is 8.37. The topological polar surface area (TPSA) is 150 Å². The molecule has 10 nitrogen and oxygen atoms in total. The first-order valence-electron chi connectivity index (χ1n) is 12.1. The highest BCUT2D eigenvalue weighted by molar-refractivity contribution is 5.98. The molecule has 0 spiro atoms. The van der Waals surface area contributed by atoms with Gasteiger partial charge in [-0.05, 0) is 38.3 Å². The number of non-ortho nitro benzene ring substituents is 1. The van der Waals surface area contributed by atoms with Gasteiger partial charge >= 0.3 is 0 Å². The summed E-state index contributed by atoms with van der Waals surface area (Å²) in [6.45, 7) is 5.47. The zero-order chi connectivity index (χ0) is 25.7. The molecule has 0 aliphatic heterocycles. The molecular formula is C25H33N5O5. The minimum atomic E-state index is -0.685. The van der Waals surface area contributed by atoms with E-state index >= 15 is 0 Å². The molecule has 3 rings (SSSR count). The molecule has 10 heteroatoms. The van der Waals surface area contributed by atoms with E-state index in [1.54, 1.807) is 6.92 Å². The minimum Gasteiger partial charge on any atom is -0.370 e. The highest BCUT2D eigenvalue weighted by Crippen LogP contribution is 2.28. The Morgan fingerprint density at radius 2 is 1.83 bits per heavy atom. The molecule has 1 aliphatic carbocycles. The summed E-state index contributed by atoms with van der Waals surface area (Å²) < 4.78 is 1.33. The number of nitro benzene ring substituents is 1. The van der Waals surface area contributed by atoms with E-state index < -0.39 is 28.3 Å². The largest absolute Gasteiger partial charge is 0.370 e. The number of amides is 2. The van der Waals surface area contributed by atoms with E-state index in [1.807, 2.05) is 13.8 Å². The maximum atomic E-state index is 13.7. The zero-order valence-electron chi connectivity index (χ0n) is 20.5. The van der Waals surface area contributed by atoms with Crippen molar-refractivity contribution >= 4 is 17.5 Å². The van der Waals surface area contributed by atoms with Gasteiger partial charge in [0.2, 0.25) is 5.91 Å². The zero-order valence-corrected chi connectivity index (χ0v) is 20.5. The summed E-state index contributed by atoms with van der Waals surface area (Å²) in [5, 5.41) is 14.2. The van der Waals surface area contributed by atoms with Gasteiger partial charge in [-0.1, -0.05) is 33.1 Å². The average Bonchev–Trinajstić information content (AvgIpc) is 2.83. The molecule has 2 atom stereocenters. The van der Waals surface area contributed by atoms with Crippen molar-refractivity contribution in [3.8, 4) is 11.3 Å². The number of benzene rings is 1. The molecule has 2 unspecified atom stereocenters. The van der Waals surface area contributed by atoms with E-state index in [4.69, 9.17) is 5.73 Å². The smallest absolute Gasteiger partial charge is 0.273 e. The van der Waals surface area contributed by atoms with Crippen molar-refractivity contribution in [2.45, 2.75) is 83.7 Å². The molecular weight excluding hydrogens is 450 g/mol. The van der Waals surface area contributed by atoms with E-state index in [0.717, 1.165) is 32.1 Å². The van der Waals surface area contributed by atoms with E-state index in [0.29, 0.717) is 12.0 Å². The van der Waals surface area contributed by atoms with Crippen LogP contribution in [0.5, 0.6) is 0 Å². The van der Waals surface area contributed by atoms with E-state index in [-0.39, 0.29) is 41.1 Å². The molecule has 0 saturated heterocycles. The Bertz CT molecular complexity index is 1150. The molecule has 1 aromatic heterocycles. The van der Waals surface area contributed by atoms with Crippen LogP contribution in [0, 0.1) is 10.1 Å². The summed E-state index contributed by atoms with van der Waals surface area (Å²) in [6.07, 6.45) is 5.33. The first-order valence-corrected chi connectivity index (χ1v) is 12.1. The molecule has 1 heterocycles. The molecule has 3 N–H and O–H groups in total. The standard InChI is InChI=1S/C25H33N5O5/c1-4-15(2)21-25(33)29(16(3)14-20(26)31)23(24(32)27-18-8-6-5-7-9-18)22(28-21)17-10-12-19(13-11-17)30(34)35/h10-13,15-16,18H,4-9,14H2,1-3H3,(H2,26,31)(H,27,32). The van der Waals surface area contributed by atoms with Gasteiger partial charge < -0.3 is 11.1 Å². The second-order valence-corrected chi connectivity index (χ2v) is 9.31. The molecule has 1 saturated carbocycles. The number of hydrogen-bond acceptors (Lipinski definition) is 6. The van der Waals surface area contributed by atoms with E-state index in [9.17, 15) is 24.5 Å². The fourth-order valence-electron chi connectivity index (χ4n) is 4.54. The molecule has 188 valence electrons. The first-order chi connectivity index (χ1) is 16.6. The Morgan fingerprint density at radius 3 is 2.37 bits per heavy atom. The maximum absolute atomic E-state index is 13.7. The van der Waals surface area contributed by atoms with E-state index in [1.165, 1.54) is 28.8 Å². The number of rotatable bonds is 9. The quantitative estimate of drug-likeness (QED) is 0.409. The van der Waals surface area contributed by atoms with Gasteiger partial charge in [0.25, 0.3) is 17.2 Å². The number of hydrogen-bond donors (Lipinski definition) is 2. The van der Waals surface area contributed by atoms with Crippen molar-refractivity contribution in [1.29, 1.82) is 0 Å². The fraction of sp³-hybridized carbons (Fsp3) is 0.520. The third kappa shape index (κ3) is 5.93. The lowest BCUT2D eigenvalue weighted by atomic mass is 9.95. The van der Waals surface area contributed by atoms with Gasteiger partial charge in [-0.25, -0.2) is 4.98 Å². The molecule has 1 fully saturated rings. The lowest BCUT2D eigenvalue weighted by Crippen LogP contribution is -2.42. The number of nitrogens with one attached hydrogen (secondary N) is 1. The Hall–Kier alpha value is -3.56.